The molecule has 0 unspecified atom stereocenters. The summed E-state index contributed by atoms with van der Waals surface area (Å²) in [6.45, 7) is 4.44. The topological polar surface area (TPSA) is 68.2 Å². The lowest BCUT2D eigenvalue weighted by Gasteiger charge is -2.22. The Kier molecular flexibility index (Phi) is 4.55. The van der Waals surface area contributed by atoms with Gasteiger partial charge in [0.1, 0.15) is 11.6 Å². The second kappa shape index (κ2) is 6.78. The maximum Gasteiger partial charge on any atom is 0.357 e. The van der Waals surface area contributed by atoms with Crippen LogP contribution in [0.25, 0.3) is 6.08 Å². The summed E-state index contributed by atoms with van der Waals surface area (Å²) in [7, 11) is 3.28. The van der Waals surface area contributed by atoms with E-state index in [1.807, 2.05) is 30.3 Å². The first-order valence-corrected chi connectivity index (χ1v) is 7.86. The Morgan fingerprint density at radius 2 is 2.25 bits per heavy atom. The van der Waals surface area contributed by atoms with Crippen molar-refractivity contribution >= 4 is 17.9 Å². The Labute approximate surface area is 141 Å². The molecular formula is C18H20N4O2. The second-order valence-electron chi connectivity index (χ2n) is 5.86. The van der Waals surface area contributed by atoms with Gasteiger partial charge in [0.15, 0.2) is 5.69 Å². The smallest absolute Gasteiger partial charge is 0.357 e. The lowest BCUT2D eigenvalue weighted by molar-refractivity contribution is 0.0593. The van der Waals surface area contributed by atoms with Crippen LogP contribution in [-0.2, 0) is 11.3 Å². The van der Waals surface area contributed by atoms with Gasteiger partial charge in [0.25, 0.3) is 0 Å². The molecule has 0 atom stereocenters. The van der Waals surface area contributed by atoms with Gasteiger partial charge < -0.3 is 9.64 Å². The van der Waals surface area contributed by atoms with Gasteiger partial charge in [-0.3, -0.25) is 4.98 Å². The highest BCUT2D eigenvalue weighted by atomic mass is 16.5. The number of anilines is 1. The minimum absolute atomic E-state index is 0.275. The molecule has 1 saturated carbocycles. The molecule has 0 spiro atoms. The molecule has 6 heteroatoms. The van der Waals surface area contributed by atoms with Crippen molar-refractivity contribution in [3.63, 3.8) is 0 Å². The molecule has 0 saturated heterocycles. The van der Waals surface area contributed by atoms with Gasteiger partial charge in [-0.1, -0.05) is 18.7 Å². The van der Waals surface area contributed by atoms with E-state index in [9.17, 15) is 4.79 Å². The van der Waals surface area contributed by atoms with E-state index >= 15 is 0 Å². The lowest BCUT2D eigenvalue weighted by atomic mass is 10.1. The zero-order valence-electron chi connectivity index (χ0n) is 13.9. The number of hydrogen-bond donors (Lipinski definition) is 0. The molecule has 24 heavy (non-hydrogen) atoms. The largest absolute Gasteiger partial charge is 0.464 e. The minimum Gasteiger partial charge on any atom is -0.464 e. The third-order valence-corrected chi connectivity index (χ3v) is 3.97. The number of ether oxygens (including phenoxy) is 1. The summed E-state index contributed by atoms with van der Waals surface area (Å²) < 4.78 is 4.88. The molecule has 124 valence electrons. The number of carbonyl (C=O) groups is 1. The van der Waals surface area contributed by atoms with Crippen LogP contribution in [0.15, 0.2) is 31.1 Å². The minimum atomic E-state index is -0.467. The van der Waals surface area contributed by atoms with Crippen LogP contribution in [0, 0.1) is 0 Å². The number of aromatic nitrogens is 3. The maximum absolute atomic E-state index is 12.1. The average molecular weight is 324 g/mol. The van der Waals surface area contributed by atoms with E-state index in [0.29, 0.717) is 29.7 Å². The molecule has 0 aliphatic heterocycles. The Morgan fingerprint density at radius 1 is 1.46 bits per heavy atom. The highest BCUT2D eigenvalue weighted by Gasteiger charge is 2.30. The fourth-order valence-corrected chi connectivity index (χ4v) is 2.57. The number of carbonyl (C=O) groups excluding carboxylic acids is 1. The van der Waals surface area contributed by atoms with Crippen LogP contribution < -0.4 is 4.90 Å². The van der Waals surface area contributed by atoms with Gasteiger partial charge >= 0.3 is 5.97 Å². The molecule has 0 bridgehead atoms. The standard InChI is InChI=1S/C18H20N4O2/c1-4-14-15(18(23)24-3)20-16(13-7-8-13)21-17(14)22(2)11-12-6-5-9-19-10-12/h4-6,9-10,13H,1,7-8,11H2,2-3H3. The number of hydrogen-bond acceptors (Lipinski definition) is 6. The molecule has 0 N–H and O–H groups in total. The monoisotopic (exact) mass is 324 g/mol. The van der Waals surface area contributed by atoms with Crippen LogP contribution >= 0.6 is 0 Å². The highest BCUT2D eigenvalue weighted by Crippen LogP contribution is 2.39. The summed E-state index contributed by atoms with van der Waals surface area (Å²) in [4.78, 5) is 27.4. The number of esters is 1. The molecule has 1 fully saturated rings. The van der Waals surface area contributed by atoms with Crippen molar-refractivity contribution in [1.29, 1.82) is 0 Å². The van der Waals surface area contributed by atoms with Crippen molar-refractivity contribution in [3.05, 3.63) is 53.8 Å². The van der Waals surface area contributed by atoms with E-state index in [4.69, 9.17) is 9.72 Å². The molecule has 1 aliphatic rings. The molecule has 1 aliphatic carbocycles. The molecule has 2 aromatic rings. The normalized spacial score (nSPS) is 13.4. The van der Waals surface area contributed by atoms with Gasteiger partial charge in [0, 0.05) is 37.5 Å². The number of pyridine rings is 1. The Hall–Kier alpha value is -2.76. The van der Waals surface area contributed by atoms with E-state index in [2.05, 4.69) is 16.5 Å². The van der Waals surface area contributed by atoms with Crippen molar-refractivity contribution in [2.24, 2.45) is 0 Å². The van der Waals surface area contributed by atoms with Gasteiger partial charge in [-0.15, -0.1) is 0 Å². The van der Waals surface area contributed by atoms with Crippen molar-refractivity contribution in [2.45, 2.75) is 25.3 Å². The van der Waals surface area contributed by atoms with Crippen LogP contribution in [-0.4, -0.2) is 35.1 Å². The summed E-state index contributed by atoms with van der Waals surface area (Å²) >= 11 is 0. The predicted molar refractivity (Wildman–Crippen MR) is 91.8 cm³/mol. The molecule has 2 aromatic heterocycles. The van der Waals surface area contributed by atoms with Crippen LogP contribution in [0.4, 0.5) is 5.82 Å². The van der Waals surface area contributed by atoms with Gasteiger partial charge in [-0.2, -0.15) is 0 Å². The van der Waals surface area contributed by atoms with E-state index in [1.165, 1.54) is 7.11 Å². The zero-order chi connectivity index (χ0) is 17.1. The third kappa shape index (κ3) is 3.27. The molecule has 3 rings (SSSR count). The molecule has 0 amide bonds. The van der Waals surface area contributed by atoms with Gasteiger partial charge in [-0.25, -0.2) is 14.8 Å². The van der Waals surface area contributed by atoms with Crippen molar-refractivity contribution in [3.8, 4) is 0 Å². The summed E-state index contributed by atoms with van der Waals surface area (Å²) in [5.74, 6) is 1.25. The first-order valence-electron chi connectivity index (χ1n) is 7.86. The van der Waals surface area contributed by atoms with Gasteiger partial charge in [-0.05, 0) is 24.5 Å². The Balaban J connectivity index is 2.02. The maximum atomic E-state index is 12.1. The van der Waals surface area contributed by atoms with Gasteiger partial charge in [0.05, 0.1) is 7.11 Å². The van der Waals surface area contributed by atoms with Crippen LogP contribution in [0.5, 0.6) is 0 Å². The summed E-state index contributed by atoms with van der Waals surface area (Å²) in [6, 6.07) is 3.90. The molecule has 6 nitrogen and oxygen atoms in total. The second-order valence-corrected chi connectivity index (χ2v) is 5.86. The first kappa shape index (κ1) is 16.1. The predicted octanol–water partition coefficient (Wildman–Crippen LogP) is 2.82. The average Bonchev–Trinajstić information content (AvgIpc) is 3.45. The van der Waals surface area contributed by atoms with E-state index in [0.717, 1.165) is 18.4 Å². The Morgan fingerprint density at radius 3 is 2.83 bits per heavy atom. The lowest BCUT2D eigenvalue weighted by Crippen LogP contribution is -2.22. The van der Waals surface area contributed by atoms with Crippen molar-refractivity contribution < 1.29 is 9.53 Å². The van der Waals surface area contributed by atoms with Crippen molar-refractivity contribution in [1.82, 2.24) is 15.0 Å². The SMILES string of the molecule is C=Cc1c(C(=O)OC)nc(C2CC2)nc1N(C)Cc1cccnc1. The zero-order valence-corrected chi connectivity index (χ0v) is 13.9. The number of methoxy groups -OCH3 is 1. The van der Waals surface area contributed by atoms with Gasteiger partial charge in [0.2, 0.25) is 0 Å². The number of rotatable bonds is 6. The molecular weight excluding hydrogens is 304 g/mol. The fraction of sp³-hybridized carbons (Fsp3) is 0.333. The molecule has 2 heterocycles. The highest BCUT2D eigenvalue weighted by molar-refractivity contribution is 5.93. The van der Waals surface area contributed by atoms with E-state index < -0.39 is 5.97 Å². The summed E-state index contributed by atoms with van der Waals surface area (Å²) in [5.41, 5.74) is 1.93. The van der Waals surface area contributed by atoms with E-state index in [-0.39, 0.29) is 5.69 Å². The quantitative estimate of drug-likeness (QED) is 0.761. The third-order valence-electron chi connectivity index (χ3n) is 3.97. The van der Waals surface area contributed by atoms with E-state index in [1.54, 1.807) is 12.3 Å². The van der Waals surface area contributed by atoms with Crippen molar-refractivity contribution in [2.75, 3.05) is 19.1 Å². The summed E-state index contributed by atoms with van der Waals surface area (Å²) in [6.07, 6.45) is 7.27. The fourth-order valence-electron chi connectivity index (χ4n) is 2.57. The molecule has 0 aromatic carbocycles. The number of nitrogens with zero attached hydrogens (tertiary/aromatic N) is 4. The van der Waals surface area contributed by atoms with Crippen LogP contribution in [0.1, 0.15) is 46.2 Å². The van der Waals surface area contributed by atoms with Crippen LogP contribution in [0.2, 0.25) is 0 Å². The van der Waals surface area contributed by atoms with Crippen LogP contribution in [0.3, 0.4) is 0 Å². The summed E-state index contributed by atoms with van der Waals surface area (Å²) in [5, 5.41) is 0. The first-order chi connectivity index (χ1) is 11.6. The molecule has 0 radical (unpaired) electrons. The Bertz CT molecular complexity index is 757.